The van der Waals surface area contributed by atoms with Gasteiger partial charge in [-0.15, -0.1) is 0 Å². The molecule has 0 aliphatic carbocycles. The molecule has 17 heavy (non-hydrogen) atoms. The van der Waals surface area contributed by atoms with Crippen molar-refractivity contribution in [1.29, 1.82) is 0 Å². The fourth-order valence-corrected chi connectivity index (χ4v) is 2.69. The fraction of sp³-hybridized carbons (Fsp3) is 0.571. The highest BCUT2D eigenvalue weighted by atomic mass is 35.5. The van der Waals surface area contributed by atoms with Gasteiger partial charge >= 0.3 is 0 Å². The molecule has 2 unspecified atom stereocenters. The van der Waals surface area contributed by atoms with Gasteiger partial charge in [0.05, 0.1) is 0 Å². The van der Waals surface area contributed by atoms with Gasteiger partial charge in [-0.3, -0.25) is 0 Å². The van der Waals surface area contributed by atoms with Crippen molar-refractivity contribution in [2.45, 2.75) is 13.5 Å². The van der Waals surface area contributed by atoms with E-state index in [1.54, 1.807) is 0 Å². The molecule has 1 heterocycles. The molecule has 1 N–H and O–H groups in total. The second-order valence-corrected chi connectivity index (χ2v) is 5.59. The van der Waals surface area contributed by atoms with Gasteiger partial charge in [-0.2, -0.15) is 0 Å². The topological polar surface area (TPSA) is 15.3 Å². The molecule has 2 rings (SSSR count). The Labute approximate surface area is 109 Å². The Bertz CT molecular complexity index is 367. The van der Waals surface area contributed by atoms with Crippen molar-refractivity contribution in [3.63, 3.8) is 0 Å². The zero-order valence-corrected chi connectivity index (χ0v) is 11.4. The number of benzene rings is 1. The molecule has 1 aromatic carbocycles. The van der Waals surface area contributed by atoms with Crippen LogP contribution in [0, 0.1) is 11.8 Å². The largest absolute Gasteiger partial charge is 0.316 e. The maximum atomic E-state index is 6.17. The summed E-state index contributed by atoms with van der Waals surface area (Å²) < 4.78 is 0. The zero-order chi connectivity index (χ0) is 12.3. The normalized spacial score (nSPS) is 24.5. The fourth-order valence-electron chi connectivity index (χ4n) is 2.49. The third kappa shape index (κ3) is 3.44. The smallest absolute Gasteiger partial charge is 0.0451 e. The molecule has 0 spiro atoms. The van der Waals surface area contributed by atoms with Crippen LogP contribution in [0.4, 0.5) is 0 Å². The average molecular weight is 253 g/mol. The highest BCUT2D eigenvalue weighted by molar-refractivity contribution is 6.31. The number of halogens is 1. The van der Waals surface area contributed by atoms with Crippen LogP contribution in [0.25, 0.3) is 0 Å². The molecular weight excluding hydrogens is 232 g/mol. The Morgan fingerprint density at radius 1 is 1.35 bits per heavy atom. The Hall–Kier alpha value is -0.570. The first kappa shape index (κ1) is 12.9. The first-order valence-electron chi connectivity index (χ1n) is 6.29. The van der Waals surface area contributed by atoms with E-state index in [9.17, 15) is 0 Å². The molecular formula is C14H21ClN2. The van der Waals surface area contributed by atoms with E-state index in [-0.39, 0.29) is 0 Å². The van der Waals surface area contributed by atoms with E-state index in [0.717, 1.165) is 43.0 Å². The predicted molar refractivity (Wildman–Crippen MR) is 73.3 cm³/mol. The van der Waals surface area contributed by atoms with Gasteiger partial charge in [0, 0.05) is 18.1 Å². The molecule has 0 bridgehead atoms. The van der Waals surface area contributed by atoms with Crippen LogP contribution in [-0.2, 0) is 6.54 Å². The standard InChI is InChI=1S/C14H21ClN2/c1-11-7-16-8-13(11)10-17(2)9-12-5-3-4-6-14(12)15/h3-6,11,13,16H,7-10H2,1-2H3. The Morgan fingerprint density at radius 2 is 2.12 bits per heavy atom. The van der Waals surface area contributed by atoms with Crippen molar-refractivity contribution in [1.82, 2.24) is 10.2 Å². The predicted octanol–water partition coefficient (Wildman–Crippen LogP) is 2.63. The molecule has 0 saturated carbocycles. The summed E-state index contributed by atoms with van der Waals surface area (Å²) in [5.74, 6) is 1.55. The molecule has 1 aliphatic heterocycles. The molecule has 1 fully saturated rings. The van der Waals surface area contributed by atoms with E-state index < -0.39 is 0 Å². The summed E-state index contributed by atoms with van der Waals surface area (Å²) in [6.45, 7) is 6.70. The van der Waals surface area contributed by atoms with E-state index in [4.69, 9.17) is 11.6 Å². The van der Waals surface area contributed by atoms with Crippen molar-refractivity contribution in [2.75, 3.05) is 26.7 Å². The van der Waals surface area contributed by atoms with Crippen molar-refractivity contribution < 1.29 is 0 Å². The van der Waals surface area contributed by atoms with Crippen LogP contribution >= 0.6 is 11.6 Å². The van der Waals surface area contributed by atoms with Gasteiger partial charge in [0.2, 0.25) is 0 Å². The lowest BCUT2D eigenvalue weighted by atomic mass is 9.97. The van der Waals surface area contributed by atoms with Gasteiger partial charge in [0.1, 0.15) is 0 Å². The van der Waals surface area contributed by atoms with Gasteiger partial charge in [-0.25, -0.2) is 0 Å². The maximum Gasteiger partial charge on any atom is 0.0451 e. The van der Waals surface area contributed by atoms with E-state index in [1.165, 1.54) is 5.56 Å². The summed E-state index contributed by atoms with van der Waals surface area (Å²) in [5.41, 5.74) is 1.22. The van der Waals surface area contributed by atoms with Gasteiger partial charge in [-0.1, -0.05) is 36.7 Å². The minimum atomic E-state index is 0.766. The maximum absolute atomic E-state index is 6.17. The van der Waals surface area contributed by atoms with Crippen LogP contribution in [0.5, 0.6) is 0 Å². The SMILES string of the molecule is CC1CNCC1CN(C)Cc1ccccc1Cl. The minimum absolute atomic E-state index is 0.766. The average Bonchev–Trinajstić information content (AvgIpc) is 2.68. The zero-order valence-electron chi connectivity index (χ0n) is 10.6. The lowest BCUT2D eigenvalue weighted by Crippen LogP contribution is -2.29. The summed E-state index contributed by atoms with van der Waals surface area (Å²) in [7, 11) is 2.17. The lowest BCUT2D eigenvalue weighted by molar-refractivity contribution is 0.252. The molecule has 1 aromatic rings. The first-order valence-corrected chi connectivity index (χ1v) is 6.67. The van der Waals surface area contributed by atoms with Crippen LogP contribution in [0.15, 0.2) is 24.3 Å². The van der Waals surface area contributed by atoms with Crippen molar-refractivity contribution in [3.05, 3.63) is 34.9 Å². The number of nitrogens with one attached hydrogen (secondary N) is 1. The molecule has 2 atom stereocenters. The number of rotatable bonds is 4. The minimum Gasteiger partial charge on any atom is -0.316 e. The molecule has 0 radical (unpaired) electrons. The molecule has 3 heteroatoms. The third-order valence-electron chi connectivity index (χ3n) is 3.62. The number of hydrogen-bond acceptors (Lipinski definition) is 2. The van der Waals surface area contributed by atoms with Crippen LogP contribution in [0.1, 0.15) is 12.5 Å². The Morgan fingerprint density at radius 3 is 2.76 bits per heavy atom. The number of hydrogen-bond donors (Lipinski definition) is 1. The second kappa shape index (κ2) is 5.85. The second-order valence-electron chi connectivity index (χ2n) is 5.18. The quantitative estimate of drug-likeness (QED) is 0.886. The van der Waals surface area contributed by atoms with Gasteiger partial charge in [0.25, 0.3) is 0 Å². The Balaban J connectivity index is 1.89. The van der Waals surface area contributed by atoms with E-state index in [1.807, 2.05) is 12.1 Å². The monoisotopic (exact) mass is 252 g/mol. The molecule has 94 valence electrons. The van der Waals surface area contributed by atoms with Gasteiger partial charge < -0.3 is 10.2 Å². The lowest BCUT2D eigenvalue weighted by Gasteiger charge is -2.23. The van der Waals surface area contributed by atoms with Gasteiger partial charge in [0.15, 0.2) is 0 Å². The first-order chi connectivity index (χ1) is 8.16. The molecule has 0 aromatic heterocycles. The molecule has 1 saturated heterocycles. The van der Waals surface area contributed by atoms with Crippen LogP contribution < -0.4 is 5.32 Å². The molecule has 2 nitrogen and oxygen atoms in total. The molecule has 0 amide bonds. The summed E-state index contributed by atoms with van der Waals surface area (Å²) in [6.07, 6.45) is 0. The highest BCUT2D eigenvalue weighted by Crippen LogP contribution is 2.20. The van der Waals surface area contributed by atoms with Gasteiger partial charge in [-0.05, 0) is 43.6 Å². The van der Waals surface area contributed by atoms with Crippen LogP contribution in [0.2, 0.25) is 5.02 Å². The Kier molecular flexibility index (Phi) is 4.43. The number of nitrogens with zero attached hydrogens (tertiary/aromatic N) is 1. The van der Waals surface area contributed by atoms with Crippen LogP contribution in [0.3, 0.4) is 0 Å². The van der Waals surface area contributed by atoms with Crippen molar-refractivity contribution in [3.8, 4) is 0 Å². The summed E-state index contributed by atoms with van der Waals surface area (Å²) in [6, 6.07) is 8.10. The van der Waals surface area contributed by atoms with E-state index in [0.29, 0.717) is 0 Å². The van der Waals surface area contributed by atoms with Crippen molar-refractivity contribution >= 4 is 11.6 Å². The van der Waals surface area contributed by atoms with E-state index >= 15 is 0 Å². The summed E-state index contributed by atoms with van der Waals surface area (Å²) in [5, 5.41) is 4.32. The summed E-state index contributed by atoms with van der Waals surface area (Å²) in [4.78, 5) is 2.37. The molecule has 1 aliphatic rings. The van der Waals surface area contributed by atoms with Crippen LogP contribution in [-0.4, -0.2) is 31.6 Å². The van der Waals surface area contributed by atoms with E-state index in [2.05, 4.69) is 36.3 Å². The third-order valence-corrected chi connectivity index (χ3v) is 3.99. The summed E-state index contributed by atoms with van der Waals surface area (Å²) >= 11 is 6.17. The highest BCUT2D eigenvalue weighted by Gasteiger charge is 2.24. The van der Waals surface area contributed by atoms with Crippen molar-refractivity contribution in [2.24, 2.45) is 11.8 Å².